The van der Waals surface area contributed by atoms with Crippen molar-refractivity contribution in [2.24, 2.45) is 5.73 Å². The van der Waals surface area contributed by atoms with Crippen LogP contribution in [-0.2, 0) is 4.79 Å². The Labute approximate surface area is 108 Å². The molecule has 8 heteroatoms. The van der Waals surface area contributed by atoms with Crippen molar-refractivity contribution >= 4 is 28.6 Å². The maximum absolute atomic E-state index is 10.6. The lowest BCUT2D eigenvalue weighted by Crippen LogP contribution is -2.12. The van der Waals surface area contributed by atoms with E-state index >= 15 is 0 Å². The second kappa shape index (κ2) is 5.34. The molecule has 100 valence electrons. The quantitative estimate of drug-likeness (QED) is 0.409. The number of aromatic amines is 1. The average molecular weight is 263 g/mol. The molecule has 19 heavy (non-hydrogen) atoms. The van der Waals surface area contributed by atoms with Crippen molar-refractivity contribution in [2.75, 3.05) is 11.9 Å². The lowest BCUT2D eigenvalue weighted by atomic mass is 10.3. The number of primary amides is 1. The Morgan fingerprint density at radius 3 is 3.00 bits per heavy atom. The van der Waals surface area contributed by atoms with E-state index in [1.54, 1.807) is 6.07 Å². The number of aromatic nitrogens is 2. The number of imidazole rings is 1. The van der Waals surface area contributed by atoms with E-state index in [-0.39, 0.29) is 11.6 Å². The molecule has 2 rings (SSSR count). The van der Waals surface area contributed by atoms with E-state index in [2.05, 4.69) is 15.3 Å². The SMILES string of the molecule is NC(=O)CCCNc1nc2ccc([N+](=O)[O-])cc2[nH]1. The number of nitrogens with zero attached hydrogens (tertiary/aromatic N) is 2. The van der Waals surface area contributed by atoms with Crippen LogP contribution >= 0.6 is 0 Å². The van der Waals surface area contributed by atoms with Gasteiger partial charge in [0.25, 0.3) is 5.69 Å². The van der Waals surface area contributed by atoms with Gasteiger partial charge in [-0.3, -0.25) is 14.9 Å². The van der Waals surface area contributed by atoms with Crippen molar-refractivity contribution < 1.29 is 9.72 Å². The summed E-state index contributed by atoms with van der Waals surface area (Å²) in [4.78, 5) is 27.9. The van der Waals surface area contributed by atoms with Gasteiger partial charge in [-0.2, -0.15) is 0 Å². The summed E-state index contributed by atoms with van der Waals surface area (Å²) in [6.45, 7) is 0.546. The number of H-pyrrole nitrogens is 1. The Kier molecular flexibility index (Phi) is 3.60. The standard InChI is InChI=1S/C11H13N5O3/c12-10(17)2-1-5-13-11-14-8-4-3-7(16(18)19)6-9(8)15-11/h3-4,6H,1-2,5H2,(H2,12,17)(H2,13,14,15). The molecule has 0 spiro atoms. The number of nitrogens with one attached hydrogen (secondary N) is 2. The van der Waals surface area contributed by atoms with Crippen LogP contribution in [0, 0.1) is 10.1 Å². The summed E-state index contributed by atoms with van der Waals surface area (Å²) in [6.07, 6.45) is 0.908. The van der Waals surface area contributed by atoms with E-state index in [1.807, 2.05) is 0 Å². The first kappa shape index (κ1) is 12.8. The van der Waals surface area contributed by atoms with Crippen LogP contribution in [-0.4, -0.2) is 27.3 Å². The van der Waals surface area contributed by atoms with Crippen LogP contribution in [0.5, 0.6) is 0 Å². The molecule has 4 N–H and O–H groups in total. The largest absolute Gasteiger partial charge is 0.370 e. The first-order valence-electron chi connectivity index (χ1n) is 5.72. The van der Waals surface area contributed by atoms with E-state index in [0.717, 1.165) is 0 Å². The molecule has 0 saturated heterocycles. The molecule has 1 aromatic carbocycles. The van der Waals surface area contributed by atoms with Crippen LogP contribution in [0.25, 0.3) is 11.0 Å². The number of nitro groups is 1. The average Bonchev–Trinajstić information content (AvgIpc) is 2.75. The first-order chi connectivity index (χ1) is 9.06. The van der Waals surface area contributed by atoms with Crippen LogP contribution < -0.4 is 11.1 Å². The molecule has 0 aliphatic heterocycles. The maximum Gasteiger partial charge on any atom is 0.271 e. The van der Waals surface area contributed by atoms with Crippen molar-refractivity contribution in [3.8, 4) is 0 Å². The minimum absolute atomic E-state index is 0.0106. The lowest BCUT2D eigenvalue weighted by molar-refractivity contribution is -0.384. The minimum Gasteiger partial charge on any atom is -0.370 e. The van der Waals surface area contributed by atoms with Crippen molar-refractivity contribution in [3.05, 3.63) is 28.3 Å². The second-order valence-electron chi connectivity index (χ2n) is 4.04. The fourth-order valence-electron chi connectivity index (χ4n) is 1.66. The highest BCUT2D eigenvalue weighted by Gasteiger charge is 2.09. The van der Waals surface area contributed by atoms with Gasteiger partial charge in [0.15, 0.2) is 0 Å². The predicted octanol–water partition coefficient (Wildman–Crippen LogP) is 1.15. The van der Waals surface area contributed by atoms with Crippen LogP contribution in [0.2, 0.25) is 0 Å². The molecule has 0 fully saturated rings. The predicted molar refractivity (Wildman–Crippen MR) is 69.7 cm³/mol. The molecule has 0 radical (unpaired) electrons. The zero-order valence-corrected chi connectivity index (χ0v) is 10.0. The normalized spacial score (nSPS) is 10.5. The summed E-state index contributed by atoms with van der Waals surface area (Å²) in [7, 11) is 0. The Hall–Kier alpha value is -2.64. The third-order valence-corrected chi connectivity index (χ3v) is 2.57. The summed E-state index contributed by atoms with van der Waals surface area (Å²) in [5, 5.41) is 13.6. The van der Waals surface area contributed by atoms with Gasteiger partial charge < -0.3 is 16.0 Å². The number of rotatable bonds is 6. The molecule has 0 bridgehead atoms. The zero-order chi connectivity index (χ0) is 13.8. The fraction of sp³-hybridized carbons (Fsp3) is 0.273. The summed E-state index contributed by atoms with van der Waals surface area (Å²) in [6, 6.07) is 4.41. The number of non-ortho nitro benzene ring substituents is 1. The third kappa shape index (κ3) is 3.18. The van der Waals surface area contributed by atoms with Crippen molar-refractivity contribution in [1.82, 2.24) is 9.97 Å². The van der Waals surface area contributed by atoms with Crippen molar-refractivity contribution in [2.45, 2.75) is 12.8 Å². The molecule has 8 nitrogen and oxygen atoms in total. The molecule has 0 atom stereocenters. The van der Waals surface area contributed by atoms with Gasteiger partial charge in [0.2, 0.25) is 11.9 Å². The summed E-state index contributed by atoms with van der Waals surface area (Å²) in [5.74, 6) is 0.169. The fourth-order valence-corrected chi connectivity index (χ4v) is 1.66. The lowest BCUT2D eigenvalue weighted by Gasteiger charge is -2.00. The topological polar surface area (TPSA) is 127 Å². The van der Waals surface area contributed by atoms with E-state index in [1.165, 1.54) is 12.1 Å². The Bertz CT molecular complexity index is 622. The highest BCUT2D eigenvalue weighted by Crippen LogP contribution is 2.20. The van der Waals surface area contributed by atoms with Gasteiger partial charge in [-0.25, -0.2) is 4.98 Å². The molecule has 0 saturated carbocycles. The molecule has 1 aromatic heterocycles. The van der Waals surface area contributed by atoms with Gasteiger partial charge in [-0.05, 0) is 12.5 Å². The number of carbonyl (C=O) groups excluding carboxylic acids is 1. The van der Waals surface area contributed by atoms with Crippen LogP contribution in [0.15, 0.2) is 18.2 Å². The van der Waals surface area contributed by atoms with Crippen molar-refractivity contribution in [3.63, 3.8) is 0 Å². The van der Waals surface area contributed by atoms with Gasteiger partial charge in [-0.15, -0.1) is 0 Å². The molecular weight excluding hydrogens is 250 g/mol. The minimum atomic E-state index is -0.458. The van der Waals surface area contributed by atoms with Crippen molar-refractivity contribution in [1.29, 1.82) is 0 Å². The molecule has 1 amide bonds. The van der Waals surface area contributed by atoms with E-state index in [4.69, 9.17) is 5.73 Å². The Morgan fingerprint density at radius 1 is 1.53 bits per heavy atom. The molecule has 1 heterocycles. The van der Waals surface area contributed by atoms with Crippen LogP contribution in [0.1, 0.15) is 12.8 Å². The molecule has 2 aromatic rings. The summed E-state index contributed by atoms with van der Waals surface area (Å²) in [5.41, 5.74) is 6.27. The van der Waals surface area contributed by atoms with E-state index in [0.29, 0.717) is 36.4 Å². The maximum atomic E-state index is 10.6. The summed E-state index contributed by atoms with van der Waals surface area (Å²) >= 11 is 0. The Morgan fingerprint density at radius 2 is 2.32 bits per heavy atom. The highest BCUT2D eigenvalue weighted by atomic mass is 16.6. The van der Waals surface area contributed by atoms with E-state index in [9.17, 15) is 14.9 Å². The molecule has 0 unspecified atom stereocenters. The number of amides is 1. The number of hydrogen-bond acceptors (Lipinski definition) is 5. The smallest absolute Gasteiger partial charge is 0.271 e. The number of nitro benzene ring substituents is 1. The van der Waals surface area contributed by atoms with Crippen LogP contribution in [0.3, 0.4) is 0 Å². The van der Waals surface area contributed by atoms with Gasteiger partial charge in [0.1, 0.15) is 0 Å². The number of hydrogen-bond donors (Lipinski definition) is 3. The zero-order valence-electron chi connectivity index (χ0n) is 10.0. The second-order valence-corrected chi connectivity index (χ2v) is 4.04. The van der Waals surface area contributed by atoms with E-state index < -0.39 is 4.92 Å². The molecule has 0 aliphatic carbocycles. The number of benzene rings is 1. The number of anilines is 1. The first-order valence-corrected chi connectivity index (χ1v) is 5.72. The number of nitrogens with two attached hydrogens (primary N) is 1. The third-order valence-electron chi connectivity index (χ3n) is 2.57. The molecular formula is C11H13N5O3. The van der Waals surface area contributed by atoms with Gasteiger partial charge in [0.05, 0.1) is 16.0 Å². The monoisotopic (exact) mass is 263 g/mol. The molecule has 0 aliphatic rings. The number of carbonyl (C=O) groups is 1. The van der Waals surface area contributed by atoms with Gasteiger partial charge in [-0.1, -0.05) is 0 Å². The van der Waals surface area contributed by atoms with Crippen LogP contribution in [0.4, 0.5) is 11.6 Å². The Balaban J connectivity index is 2.04. The number of fused-ring (bicyclic) bond motifs is 1. The van der Waals surface area contributed by atoms with Gasteiger partial charge >= 0.3 is 0 Å². The van der Waals surface area contributed by atoms with Gasteiger partial charge in [0, 0.05) is 25.1 Å². The highest BCUT2D eigenvalue weighted by molar-refractivity contribution is 5.79. The summed E-state index contributed by atoms with van der Waals surface area (Å²) < 4.78 is 0.